The topological polar surface area (TPSA) is 251 Å². The highest BCUT2D eigenvalue weighted by Crippen LogP contribution is 2.50. The van der Waals surface area contributed by atoms with E-state index in [9.17, 15) is 34.5 Å². The van der Waals surface area contributed by atoms with Crippen molar-refractivity contribution in [3.63, 3.8) is 0 Å². The van der Waals surface area contributed by atoms with Gasteiger partial charge in [0.1, 0.15) is 57.0 Å². The number of aryl methyl sites for hydroxylation is 2. The minimum Gasteiger partial charge on any atom is -0.507 e. The number of amides is 3. The van der Waals surface area contributed by atoms with Gasteiger partial charge in [-0.05, 0) is 132 Å². The van der Waals surface area contributed by atoms with E-state index in [1.807, 2.05) is 41.5 Å². The Hall–Kier alpha value is -9.53. The number of benzene rings is 2. The number of likely N-dealkylation sites (N-methyl/N-ethyl adjacent to an activating group) is 2. The lowest BCUT2D eigenvalue weighted by atomic mass is 9.79. The lowest BCUT2D eigenvalue weighted by Crippen LogP contribution is -2.76. The average Bonchev–Trinajstić information content (AvgIpc) is 0.700. The molecule has 2 saturated heterocycles. The summed E-state index contributed by atoms with van der Waals surface area (Å²) in [7, 11) is 4.28. The molecule has 10 heterocycles. The van der Waals surface area contributed by atoms with Gasteiger partial charge >= 0.3 is 6.09 Å². The van der Waals surface area contributed by atoms with Crippen molar-refractivity contribution >= 4 is 62.7 Å². The predicted molar refractivity (Wildman–Crippen MR) is 355 cm³/mol. The van der Waals surface area contributed by atoms with Gasteiger partial charge in [0.05, 0.1) is 65.0 Å². The number of phenolic OH excluding ortho intramolecular Hbond substituents is 1. The summed E-state index contributed by atoms with van der Waals surface area (Å²) in [6.45, 7) is 18.7. The van der Waals surface area contributed by atoms with Crippen LogP contribution in [-0.4, -0.2) is 151 Å². The zero-order chi connectivity index (χ0) is 69.7. The van der Waals surface area contributed by atoms with Gasteiger partial charge in [-0.2, -0.15) is 0 Å². The second-order valence-corrected chi connectivity index (χ2v) is 26.8. The van der Waals surface area contributed by atoms with E-state index in [0.29, 0.717) is 53.3 Å². The molecular formula is C70H77F4N11O11. The monoisotopic (exact) mass is 1320 g/mol. The molecule has 12 rings (SSSR count). The van der Waals surface area contributed by atoms with Crippen LogP contribution < -0.4 is 35.5 Å². The van der Waals surface area contributed by atoms with Crippen LogP contribution in [0.4, 0.5) is 45.1 Å². The first kappa shape index (κ1) is 67.9. The minimum absolute atomic E-state index is 0.00798. The maximum Gasteiger partial charge on any atom is 0.410 e. The summed E-state index contributed by atoms with van der Waals surface area (Å²) >= 11 is 0. The Morgan fingerprint density at radius 2 is 1.15 bits per heavy atom. The van der Waals surface area contributed by atoms with Crippen LogP contribution in [0.3, 0.4) is 0 Å². The van der Waals surface area contributed by atoms with Crippen molar-refractivity contribution in [2.75, 3.05) is 80.4 Å². The van der Waals surface area contributed by atoms with Crippen LogP contribution in [0.2, 0.25) is 0 Å². The standard InChI is InChI=1S/C38H44F2N6O7.C32H33F2N5O4/c1-20(2)28-30(21(3)13-14-41-28)46-33-23(15-25(40)29(42-33)27-24(39)11-10-12-26(27)52-19-51-9)31-32(34(46)48)43(8)35(49)38(18-47)17-44(22(4)16-45(31)38)36(50)53-37(5,6)7;1-16(2)24-26(18(4)10-12-35-24)39-29-19(13-21(34)25(36-29)23-20(33)7-6-8-22(23)41)27-28(30(39)42)37(5)31(43)32(15-40)11-9-17(3)14-38(27)32/h10-15,20,22,47H,16-19H2,1-9H3;6-8,10,12-13,16-17,40-41H,9,11,14-15H2,1-5H3/t22-,38+;17-,32-/m10/s1. The summed E-state index contributed by atoms with van der Waals surface area (Å²) < 4.78 is 82.5. The van der Waals surface area contributed by atoms with Gasteiger partial charge in [0, 0.05) is 63.5 Å². The van der Waals surface area contributed by atoms with Crippen LogP contribution in [0, 0.1) is 43.0 Å². The number of carbonyl (C=O) groups excluding carboxylic acids is 3. The lowest BCUT2D eigenvalue weighted by molar-refractivity contribution is -0.128. The van der Waals surface area contributed by atoms with Gasteiger partial charge in [0.2, 0.25) is 0 Å². The second kappa shape index (κ2) is 25.2. The number of nitrogens with zero attached hydrogens (tertiary/aromatic N) is 11. The fourth-order valence-corrected chi connectivity index (χ4v) is 13.8. The van der Waals surface area contributed by atoms with Crippen molar-refractivity contribution in [3.8, 4) is 45.4 Å². The number of phenols is 1. The Morgan fingerprint density at radius 3 is 1.62 bits per heavy atom. The largest absolute Gasteiger partial charge is 0.507 e. The SMILES string of the molecule is COCOc1cccc(F)c1-c1nc2c(cc1F)c1c(c(=O)n2-c2c(C)ccnc2C(C)C)N(C)C(=O)[C@@]2(CO)CN(C(=O)OC(C)(C)C)[C@H](C)CN12.Cc1ccnc(C(C)C)c1-n1c(=O)c2c(c3cc(F)c(-c4c(O)cccc4F)nc31)N1C[C@@H](C)CC[C@]1(CO)C(=O)N2C. The molecule has 3 amide bonds. The van der Waals surface area contributed by atoms with Gasteiger partial charge in [0.25, 0.3) is 22.9 Å². The third-order valence-corrected chi connectivity index (χ3v) is 18.5. The summed E-state index contributed by atoms with van der Waals surface area (Å²) in [6, 6.07) is 12.8. The lowest BCUT2D eigenvalue weighted by Gasteiger charge is -2.56. The molecule has 506 valence electrons. The molecule has 4 aliphatic heterocycles. The Balaban J connectivity index is 0.000000199. The summed E-state index contributed by atoms with van der Waals surface area (Å²) in [4.78, 5) is 97.2. The van der Waals surface area contributed by atoms with Crippen LogP contribution in [0.15, 0.2) is 82.6 Å². The minimum atomic E-state index is -1.79. The number of pyridine rings is 6. The van der Waals surface area contributed by atoms with Gasteiger partial charge in [-0.1, -0.05) is 46.8 Å². The molecule has 2 aromatic carbocycles. The molecule has 26 heteroatoms. The highest BCUT2D eigenvalue weighted by Gasteiger charge is 2.58. The van der Waals surface area contributed by atoms with Crippen molar-refractivity contribution in [3.05, 3.63) is 140 Å². The third kappa shape index (κ3) is 10.9. The number of ether oxygens (including phenoxy) is 3. The summed E-state index contributed by atoms with van der Waals surface area (Å²) in [5, 5.41) is 32.6. The van der Waals surface area contributed by atoms with Crippen molar-refractivity contribution in [1.29, 1.82) is 0 Å². The molecule has 0 bridgehead atoms. The number of piperazine rings is 1. The number of anilines is 4. The molecule has 4 aliphatic rings. The molecule has 6 aromatic heterocycles. The van der Waals surface area contributed by atoms with E-state index in [1.54, 1.807) is 68.9 Å². The predicted octanol–water partition coefficient (Wildman–Crippen LogP) is 10.1. The van der Waals surface area contributed by atoms with Gasteiger partial charge in [0.15, 0.2) is 35.3 Å². The quantitative estimate of drug-likeness (QED) is 0.0804. The maximum absolute atomic E-state index is 16.7. The molecule has 0 spiro atoms. The van der Waals surface area contributed by atoms with Crippen LogP contribution in [0.1, 0.15) is 110 Å². The zero-order valence-electron chi connectivity index (χ0n) is 55.9. The first-order valence-corrected chi connectivity index (χ1v) is 31.6. The van der Waals surface area contributed by atoms with Crippen molar-refractivity contribution in [2.45, 2.75) is 124 Å². The number of rotatable bonds is 11. The fourth-order valence-electron chi connectivity index (χ4n) is 13.8. The van der Waals surface area contributed by atoms with Crippen molar-refractivity contribution in [2.24, 2.45) is 5.92 Å². The van der Waals surface area contributed by atoms with Crippen molar-refractivity contribution in [1.82, 2.24) is 34.0 Å². The summed E-state index contributed by atoms with van der Waals surface area (Å²) in [5.74, 6) is -5.41. The summed E-state index contributed by atoms with van der Waals surface area (Å²) in [5.41, 5.74) is -3.34. The van der Waals surface area contributed by atoms with Gasteiger partial charge in [-0.25, -0.2) is 32.3 Å². The Morgan fingerprint density at radius 1 is 0.667 bits per heavy atom. The van der Waals surface area contributed by atoms with E-state index < -0.39 is 111 Å². The summed E-state index contributed by atoms with van der Waals surface area (Å²) in [6.07, 6.45) is 3.59. The zero-order valence-corrected chi connectivity index (χ0v) is 55.9. The van der Waals surface area contributed by atoms with E-state index in [0.717, 1.165) is 23.1 Å². The van der Waals surface area contributed by atoms with Crippen molar-refractivity contribution < 1.29 is 61.5 Å². The van der Waals surface area contributed by atoms with Crippen LogP contribution in [0.25, 0.3) is 56.0 Å². The number of hydrogen-bond donors (Lipinski definition) is 3. The van der Waals surface area contributed by atoms with E-state index in [1.165, 1.54) is 70.5 Å². The number of carbonyl (C=O) groups is 3. The molecule has 3 N–H and O–H groups in total. The van der Waals surface area contributed by atoms with E-state index in [-0.39, 0.29) is 93.8 Å². The van der Waals surface area contributed by atoms with Gasteiger partial charge in [-0.15, -0.1) is 0 Å². The van der Waals surface area contributed by atoms with Gasteiger partial charge < -0.3 is 54.0 Å². The number of aromatic nitrogens is 6. The van der Waals surface area contributed by atoms with E-state index in [4.69, 9.17) is 19.2 Å². The molecule has 0 saturated carbocycles. The first-order valence-electron chi connectivity index (χ1n) is 31.6. The molecule has 0 unspecified atom stereocenters. The highest BCUT2D eigenvalue weighted by atomic mass is 19.1. The molecule has 4 atom stereocenters. The Kier molecular flexibility index (Phi) is 17.8. The smallest absolute Gasteiger partial charge is 0.410 e. The maximum atomic E-state index is 16.7. The Labute approximate surface area is 550 Å². The fraction of sp³-hybridized carbons (Fsp3) is 0.414. The molecule has 22 nitrogen and oxygen atoms in total. The molecule has 0 radical (unpaired) electrons. The second-order valence-electron chi connectivity index (χ2n) is 26.8. The number of piperidine rings is 1. The van der Waals surface area contributed by atoms with E-state index in [2.05, 4.69) is 15.0 Å². The number of aliphatic hydroxyl groups excluding tert-OH is 2. The van der Waals surface area contributed by atoms with Crippen LogP contribution in [0.5, 0.6) is 11.5 Å². The van der Waals surface area contributed by atoms with Crippen LogP contribution >= 0.6 is 0 Å². The Bertz CT molecular complexity index is 4610. The van der Waals surface area contributed by atoms with E-state index >= 15 is 22.4 Å². The number of halogens is 4. The average molecular weight is 1320 g/mol. The van der Waals surface area contributed by atoms with Gasteiger partial charge in [-0.3, -0.25) is 38.3 Å². The molecule has 2 fully saturated rings. The number of aliphatic hydroxyl groups is 2. The highest BCUT2D eigenvalue weighted by molar-refractivity contribution is 6.15. The number of methoxy groups -OCH3 is 1. The third-order valence-electron chi connectivity index (χ3n) is 18.5. The normalized spacial score (nSPS) is 19.4. The molecule has 8 aromatic rings. The van der Waals surface area contributed by atoms with Crippen LogP contribution in [-0.2, 0) is 19.1 Å². The number of hydrogen-bond acceptors (Lipinski definition) is 17. The number of aromatic hydroxyl groups is 1. The molecule has 0 aliphatic carbocycles. The number of fused-ring (bicyclic) bond motifs is 10. The molecular weight excluding hydrogens is 1250 g/mol. The molecule has 96 heavy (non-hydrogen) atoms. The first-order chi connectivity index (χ1) is 45.4.